The number of ether oxygens (including phenoxy) is 1. The summed E-state index contributed by atoms with van der Waals surface area (Å²) >= 11 is 1.25. The first-order valence-electron chi connectivity index (χ1n) is 7.72. The third kappa shape index (κ3) is 5.25. The normalized spacial score (nSPS) is 11.3. The highest BCUT2D eigenvalue weighted by molar-refractivity contribution is 8.00. The average molecular weight is 373 g/mol. The maximum atomic E-state index is 12.6. The fourth-order valence-electron chi connectivity index (χ4n) is 2.14. The molecule has 0 radical (unpaired) electrons. The van der Waals surface area contributed by atoms with Gasteiger partial charge in [0, 0.05) is 16.3 Å². The average Bonchev–Trinajstić information content (AvgIpc) is 2.62. The van der Waals surface area contributed by atoms with E-state index in [0.29, 0.717) is 21.8 Å². The molecular formula is C18H19N3O4S. The summed E-state index contributed by atoms with van der Waals surface area (Å²) in [5.41, 5.74) is 6.59. The van der Waals surface area contributed by atoms with Gasteiger partial charge in [-0.15, -0.1) is 11.8 Å². The second-order valence-corrected chi connectivity index (χ2v) is 6.68. The molecule has 0 aromatic heterocycles. The van der Waals surface area contributed by atoms with Crippen LogP contribution in [0.3, 0.4) is 0 Å². The van der Waals surface area contributed by atoms with Crippen LogP contribution in [0.1, 0.15) is 17.3 Å². The highest BCUT2D eigenvalue weighted by Gasteiger charge is 2.19. The topological polar surface area (TPSA) is 111 Å². The maximum absolute atomic E-state index is 12.6. The highest BCUT2D eigenvalue weighted by atomic mass is 32.2. The fraction of sp³-hybridized carbons (Fsp3) is 0.167. The number of hydrogen-bond donors (Lipinski definition) is 3. The van der Waals surface area contributed by atoms with Crippen LogP contribution in [-0.4, -0.2) is 30.3 Å². The van der Waals surface area contributed by atoms with Crippen molar-refractivity contribution in [2.75, 3.05) is 17.7 Å². The van der Waals surface area contributed by atoms with Crippen molar-refractivity contribution in [1.82, 2.24) is 0 Å². The molecule has 0 fully saturated rings. The Kier molecular flexibility index (Phi) is 6.62. The van der Waals surface area contributed by atoms with Gasteiger partial charge in [-0.2, -0.15) is 0 Å². The summed E-state index contributed by atoms with van der Waals surface area (Å²) in [6, 6.07) is 12.9. The van der Waals surface area contributed by atoms with Crippen LogP contribution in [0.5, 0.6) is 0 Å². The summed E-state index contributed by atoms with van der Waals surface area (Å²) in [6.07, 6.45) is 0. The lowest BCUT2D eigenvalue weighted by atomic mass is 10.2. The molecule has 0 aliphatic rings. The van der Waals surface area contributed by atoms with Crippen molar-refractivity contribution < 1.29 is 19.1 Å². The van der Waals surface area contributed by atoms with Gasteiger partial charge in [0.1, 0.15) is 5.25 Å². The summed E-state index contributed by atoms with van der Waals surface area (Å²) < 4.78 is 4.72. The van der Waals surface area contributed by atoms with Crippen molar-refractivity contribution in [3.63, 3.8) is 0 Å². The van der Waals surface area contributed by atoms with E-state index in [1.807, 2.05) is 0 Å². The molecular weight excluding hydrogens is 354 g/mol. The van der Waals surface area contributed by atoms with Gasteiger partial charge in [-0.05, 0) is 43.3 Å². The number of nitrogens with one attached hydrogen (secondary N) is 2. The monoisotopic (exact) mass is 373 g/mol. The predicted molar refractivity (Wildman–Crippen MR) is 101 cm³/mol. The van der Waals surface area contributed by atoms with Gasteiger partial charge < -0.3 is 21.1 Å². The molecule has 136 valence electrons. The van der Waals surface area contributed by atoms with Crippen molar-refractivity contribution in [1.29, 1.82) is 0 Å². The molecule has 0 saturated heterocycles. The Labute approximate surface area is 155 Å². The van der Waals surface area contributed by atoms with Crippen molar-refractivity contribution in [2.45, 2.75) is 17.1 Å². The van der Waals surface area contributed by atoms with Crippen molar-refractivity contribution in [3.05, 3.63) is 54.1 Å². The number of esters is 1. The number of thioether (sulfide) groups is 1. The van der Waals surface area contributed by atoms with Gasteiger partial charge in [0.15, 0.2) is 0 Å². The lowest BCUT2D eigenvalue weighted by molar-refractivity contribution is -0.139. The van der Waals surface area contributed by atoms with Crippen LogP contribution < -0.4 is 16.4 Å². The Morgan fingerprint density at radius 2 is 1.58 bits per heavy atom. The van der Waals surface area contributed by atoms with Crippen LogP contribution in [0.4, 0.5) is 16.2 Å². The van der Waals surface area contributed by atoms with Gasteiger partial charge in [-0.25, -0.2) is 4.79 Å². The Balaban J connectivity index is 2.12. The number of methoxy groups -OCH3 is 1. The molecule has 2 rings (SSSR count). The summed E-state index contributed by atoms with van der Waals surface area (Å²) in [4.78, 5) is 35.7. The second kappa shape index (κ2) is 8.91. The maximum Gasteiger partial charge on any atom is 0.318 e. The highest BCUT2D eigenvalue weighted by Crippen LogP contribution is 2.28. The minimum absolute atomic E-state index is 0.305. The number of hydrogen-bond acceptors (Lipinski definition) is 5. The van der Waals surface area contributed by atoms with E-state index in [2.05, 4.69) is 10.6 Å². The number of primary amides is 1. The van der Waals surface area contributed by atoms with Crippen LogP contribution in [0.25, 0.3) is 0 Å². The number of carbonyl (C=O) groups is 3. The molecule has 2 aromatic carbocycles. The van der Waals surface area contributed by atoms with E-state index >= 15 is 0 Å². The molecule has 0 bridgehead atoms. The van der Waals surface area contributed by atoms with E-state index in [0.717, 1.165) is 0 Å². The Bertz CT molecular complexity index is 808. The van der Waals surface area contributed by atoms with E-state index in [1.54, 1.807) is 55.5 Å². The van der Waals surface area contributed by atoms with Gasteiger partial charge in [-0.3, -0.25) is 9.59 Å². The third-order valence-corrected chi connectivity index (χ3v) is 4.53. The van der Waals surface area contributed by atoms with Gasteiger partial charge in [0.25, 0.3) is 5.91 Å². The van der Waals surface area contributed by atoms with Gasteiger partial charge >= 0.3 is 12.0 Å². The number of carbonyl (C=O) groups excluding carboxylic acids is 3. The van der Waals surface area contributed by atoms with Gasteiger partial charge in [0.05, 0.1) is 12.7 Å². The fourth-order valence-corrected chi connectivity index (χ4v) is 3.16. The SMILES string of the molecule is COC(=O)C(C)Sc1ccccc1C(=O)Nc1ccc(NC(N)=O)cc1. The number of rotatable bonds is 6. The minimum atomic E-state index is -0.660. The molecule has 0 spiro atoms. The summed E-state index contributed by atoms with van der Waals surface area (Å²) in [6.45, 7) is 1.72. The molecule has 3 amide bonds. The van der Waals surface area contributed by atoms with Crippen molar-refractivity contribution >= 4 is 41.0 Å². The quantitative estimate of drug-likeness (QED) is 0.532. The molecule has 8 heteroatoms. The molecule has 0 saturated carbocycles. The largest absolute Gasteiger partial charge is 0.468 e. The Morgan fingerprint density at radius 1 is 1.00 bits per heavy atom. The first-order valence-corrected chi connectivity index (χ1v) is 8.60. The van der Waals surface area contributed by atoms with Gasteiger partial charge in [0.2, 0.25) is 0 Å². The molecule has 0 heterocycles. The zero-order valence-corrected chi connectivity index (χ0v) is 15.1. The van der Waals surface area contributed by atoms with E-state index in [1.165, 1.54) is 18.9 Å². The van der Waals surface area contributed by atoms with Crippen molar-refractivity contribution in [3.8, 4) is 0 Å². The molecule has 2 aromatic rings. The minimum Gasteiger partial charge on any atom is -0.468 e. The summed E-state index contributed by atoms with van der Waals surface area (Å²) in [7, 11) is 1.33. The zero-order chi connectivity index (χ0) is 19.1. The molecule has 26 heavy (non-hydrogen) atoms. The van der Waals surface area contributed by atoms with Crippen LogP contribution in [0.15, 0.2) is 53.4 Å². The number of benzene rings is 2. The Hall–Kier alpha value is -3.00. The van der Waals surface area contributed by atoms with E-state index in [-0.39, 0.29) is 11.9 Å². The number of amides is 3. The standard InChI is InChI=1S/C18H19N3O4S/c1-11(17(23)25-2)26-15-6-4-3-5-14(15)16(22)20-12-7-9-13(10-8-12)21-18(19)24/h3-11H,1-2H3,(H,20,22)(H3,19,21,24). The summed E-state index contributed by atoms with van der Waals surface area (Å²) in [5.74, 6) is -0.663. The molecule has 0 aliphatic heterocycles. The lowest BCUT2D eigenvalue weighted by Crippen LogP contribution is -2.19. The van der Waals surface area contributed by atoms with Crippen LogP contribution in [0.2, 0.25) is 0 Å². The first kappa shape index (κ1) is 19.3. The third-order valence-electron chi connectivity index (χ3n) is 3.38. The smallest absolute Gasteiger partial charge is 0.318 e. The Morgan fingerprint density at radius 3 is 2.15 bits per heavy atom. The predicted octanol–water partition coefficient (Wildman–Crippen LogP) is 3.08. The second-order valence-electron chi connectivity index (χ2n) is 5.30. The van der Waals surface area contributed by atoms with Crippen LogP contribution >= 0.6 is 11.8 Å². The number of nitrogens with two attached hydrogens (primary N) is 1. The number of anilines is 2. The zero-order valence-electron chi connectivity index (χ0n) is 14.3. The number of urea groups is 1. The summed E-state index contributed by atoms with van der Waals surface area (Å²) in [5, 5.41) is 4.79. The van der Waals surface area contributed by atoms with Crippen LogP contribution in [-0.2, 0) is 9.53 Å². The molecule has 1 unspecified atom stereocenters. The lowest BCUT2D eigenvalue weighted by Gasteiger charge is -2.13. The van der Waals surface area contributed by atoms with Gasteiger partial charge in [-0.1, -0.05) is 12.1 Å². The molecule has 4 N–H and O–H groups in total. The van der Waals surface area contributed by atoms with E-state index in [4.69, 9.17) is 10.5 Å². The van der Waals surface area contributed by atoms with Crippen molar-refractivity contribution in [2.24, 2.45) is 5.73 Å². The van der Waals surface area contributed by atoms with Crippen LogP contribution in [0, 0.1) is 0 Å². The molecule has 1 atom stereocenters. The van der Waals surface area contributed by atoms with E-state index < -0.39 is 11.3 Å². The first-order chi connectivity index (χ1) is 12.4. The van der Waals surface area contributed by atoms with E-state index in [9.17, 15) is 14.4 Å². The molecule has 0 aliphatic carbocycles. The molecule has 7 nitrogen and oxygen atoms in total.